The molecule has 1 spiro atoms. The van der Waals surface area contributed by atoms with E-state index in [0.29, 0.717) is 13.1 Å². The van der Waals surface area contributed by atoms with Crippen molar-refractivity contribution in [2.45, 2.75) is 31.2 Å². The van der Waals surface area contributed by atoms with Crippen LogP contribution < -0.4 is 0 Å². The fourth-order valence-electron chi connectivity index (χ4n) is 3.55. The highest BCUT2D eigenvalue weighted by molar-refractivity contribution is 6.01. The Bertz CT molecular complexity index is 805. The van der Waals surface area contributed by atoms with Crippen LogP contribution in [0.25, 0.3) is 0 Å². The van der Waals surface area contributed by atoms with Crippen LogP contribution in [0.4, 0.5) is 13.2 Å². The number of likely N-dealkylation sites (tertiary alicyclic amines) is 1. The number of rotatable bonds is 3. The predicted molar refractivity (Wildman–Crippen MR) is 90.5 cm³/mol. The van der Waals surface area contributed by atoms with Gasteiger partial charge in [-0.05, 0) is 29.8 Å². The monoisotopic (exact) mass is 361 g/mol. The van der Waals surface area contributed by atoms with Gasteiger partial charge in [-0.15, -0.1) is 0 Å². The largest absolute Gasteiger partial charge is 0.416 e. The fraction of sp³-hybridized carbons (Fsp3) is 0.368. The summed E-state index contributed by atoms with van der Waals surface area (Å²) in [5.74, 6) is 0. The minimum Gasteiger partial charge on any atom is -0.387 e. The Kier molecular flexibility index (Phi) is 4.19. The molecule has 0 radical (unpaired) electrons. The van der Waals surface area contributed by atoms with Crippen molar-refractivity contribution in [1.82, 2.24) is 9.88 Å². The number of benzene rings is 1. The maximum atomic E-state index is 12.7. The smallest absolute Gasteiger partial charge is 0.387 e. The van der Waals surface area contributed by atoms with Crippen LogP contribution in [0.2, 0.25) is 0 Å². The van der Waals surface area contributed by atoms with E-state index in [1.807, 2.05) is 12.1 Å². The summed E-state index contributed by atoms with van der Waals surface area (Å²) >= 11 is 0. The van der Waals surface area contributed by atoms with E-state index in [1.165, 1.54) is 0 Å². The van der Waals surface area contributed by atoms with E-state index in [9.17, 15) is 13.2 Å². The van der Waals surface area contributed by atoms with E-state index in [-0.39, 0.29) is 5.60 Å². The lowest BCUT2D eigenvalue weighted by atomic mass is 9.94. The summed E-state index contributed by atoms with van der Waals surface area (Å²) in [4.78, 5) is 12.1. The van der Waals surface area contributed by atoms with Crippen LogP contribution >= 0.6 is 0 Å². The van der Waals surface area contributed by atoms with Gasteiger partial charge < -0.3 is 4.84 Å². The minimum atomic E-state index is -4.30. The quantitative estimate of drug-likeness (QED) is 0.833. The zero-order chi connectivity index (χ0) is 18.2. The zero-order valence-electron chi connectivity index (χ0n) is 14.0. The highest BCUT2D eigenvalue weighted by Gasteiger charge is 2.45. The Labute approximate surface area is 149 Å². The van der Waals surface area contributed by atoms with Crippen molar-refractivity contribution < 1.29 is 18.0 Å². The summed E-state index contributed by atoms with van der Waals surface area (Å²) < 4.78 is 38.0. The van der Waals surface area contributed by atoms with Crippen LogP contribution in [0.15, 0.2) is 53.9 Å². The van der Waals surface area contributed by atoms with Crippen LogP contribution in [0.5, 0.6) is 0 Å². The Morgan fingerprint density at radius 2 is 1.96 bits per heavy atom. The summed E-state index contributed by atoms with van der Waals surface area (Å²) in [6.07, 6.45) is 0.768. The highest BCUT2D eigenvalue weighted by atomic mass is 19.4. The molecule has 1 atom stereocenters. The molecule has 0 bridgehead atoms. The van der Waals surface area contributed by atoms with E-state index < -0.39 is 11.7 Å². The minimum absolute atomic E-state index is 0.336. The van der Waals surface area contributed by atoms with Crippen molar-refractivity contribution in [3.8, 4) is 0 Å². The van der Waals surface area contributed by atoms with Crippen LogP contribution in [0, 0.1) is 0 Å². The summed E-state index contributed by atoms with van der Waals surface area (Å²) in [7, 11) is 0. The van der Waals surface area contributed by atoms with E-state index in [2.05, 4.69) is 15.0 Å². The second kappa shape index (κ2) is 6.39. The van der Waals surface area contributed by atoms with Crippen molar-refractivity contribution in [1.29, 1.82) is 0 Å². The predicted octanol–water partition coefficient (Wildman–Crippen LogP) is 3.87. The van der Waals surface area contributed by atoms with Gasteiger partial charge in [-0.3, -0.25) is 9.88 Å². The molecule has 2 aliphatic rings. The van der Waals surface area contributed by atoms with E-state index >= 15 is 0 Å². The maximum absolute atomic E-state index is 12.7. The highest BCUT2D eigenvalue weighted by Crippen LogP contribution is 2.36. The van der Waals surface area contributed by atoms with Crippen LogP contribution in [-0.4, -0.2) is 34.3 Å². The molecule has 2 aromatic rings. The molecule has 2 aliphatic heterocycles. The summed E-state index contributed by atoms with van der Waals surface area (Å²) in [5, 5.41) is 4.25. The van der Waals surface area contributed by atoms with Gasteiger partial charge in [0.2, 0.25) is 0 Å². The SMILES string of the molecule is FC(F)(F)c1ccc(CN2CCC3(CC(c4cccnc4)=NO3)C2)cc1. The molecule has 26 heavy (non-hydrogen) atoms. The van der Waals surface area contributed by atoms with Gasteiger partial charge in [0.1, 0.15) is 0 Å². The molecule has 7 heteroatoms. The zero-order valence-corrected chi connectivity index (χ0v) is 14.0. The normalized spacial score (nSPS) is 23.3. The van der Waals surface area contributed by atoms with Gasteiger partial charge >= 0.3 is 6.18 Å². The van der Waals surface area contributed by atoms with E-state index in [1.54, 1.807) is 24.5 Å². The molecule has 0 aliphatic carbocycles. The average molecular weight is 361 g/mol. The standard InChI is InChI=1S/C19H18F3N3O/c20-19(21,22)16-5-3-14(4-6-16)12-25-9-7-18(13-25)10-17(24-26-18)15-2-1-8-23-11-15/h1-6,8,11H,7,9-10,12-13H2. The van der Waals surface area contributed by atoms with Crippen LogP contribution in [0.3, 0.4) is 0 Å². The first-order valence-corrected chi connectivity index (χ1v) is 8.48. The number of halogens is 3. The van der Waals surface area contributed by atoms with Gasteiger partial charge in [0.15, 0.2) is 5.60 Å². The number of aromatic nitrogens is 1. The number of hydrogen-bond donors (Lipinski definition) is 0. The Morgan fingerprint density at radius 1 is 1.15 bits per heavy atom. The van der Waals surface area contributed by atoms with Gasteiger partial charge in [0.25, 0.3) is 0 Å². The molecule has 4 nitrogen and oxygen atoms in total. The molecule has 3 heterocycles. The first-order valence-electron chi connectivity index (χ1n) is 8.48. The topological polar surface area (TPSA) is 37.7 Å². The molecule has 0 saturated carbocycles. The van der Waals surface area contributed by atoms with Crippen molar-refractivity contribution in [2.75, 3.05) is 13.1 Å². The Hall–Kier alpha value is -2.41. The fourth-order valence-corrected chi connectivity index (χ4v) is 3.55. The number of hydrogen-bond acceptors (Lipinski definition) is 4. The molecule has 0 amide bonds. The average Bonchev–Trinajstić information content (AvgIpc) is 3.22. The van der Waals surface area contributed by atoms with Crippen molar-refractivity contribution in [2.24, 2.45) is 5.16 Å². The second-order valence-electron chi connectivity index (χ2n) is 6.89. The summed E-state index contributed by atoms with van der Waals surface area (Å²) in [6.45, 7) is 2.14. The van der Waals surface area contributed by atoms with Crippen molar-refractivity contribution in [3.05, 3.63) is 65.5 Å². The molecule has 1 aromatic heterocycles. The molecule has 1 aromatic carbocycles. The molecular formula is C19H18F3N3O. The second-order valence-corrected chi connectivity index (χ2v) is 6.89. The van der Waals surface area contributed by atoms with Crippen molar-refractivity contribution in [3.63, 3.8) is 0 Å². The number of alkyl halides is 3. The van der Waals surface area contributed by atoms with Gasteiger partial charge in [-0.25, -0.2) is 0 Å². The van der Waals surface area contributed by atoms with Gasteiger partial charge in [-0.2, -0.15) is 13.2 Å². The Morgan fingerprint density at radius 3 is 2.65 bits per heavy atom. The molecule has 1 fully saturated rings. The lowest BCUT2D eigenvalue weighted by molar-refractivity contribution is -0.137. The number of pyridine rings is 1. The van der Waals surface area contributed by atoms with Gasteiger partial charge in [0, 0.05) is 50.4 Å². The molecule has 4 rings (SSSR count). The third-order valence-corrected chi connectivity index (χ3v) is 4.92. The van der Waals surface area contributed by atoms with Gasteiger partial charge in [-0.1, -0.05) is 17.3 Å². The first-order chi connectivity index (χ1) is 12.4. The molecule has 136 valence electrons. The van der Waals surface area contributed by atoms with Gasteiger partial charge in [0.05, 0.1) is 11.3 Å². The number of oxime groups is 1. The maximum Gasteiger partial charge on any atom is 0.416 e. The summed E-state index contributed by atoms with van der Waals surface area (Å²) in [5.41, 5.74) is 1.77. The lowest BCUT2D eigenvalue weighted by Crippen LogP contribution is -2.33. The molecule has 0 N–H and O–H groups in total. The molecule has 1 unspecified atom stereocenters. The third-order valence-electron chi connectivity index (χ3n) is 4.92. The summed E-state index contributed by atoms with van der Waals surface area (Å²) in [6, 6.07) is 9.19. The Balaban J connectivity index is 1.37. The third kappa shape index (κ3) is 3.44. The first kappa shape index (κ1) is 17.0. The van der Waals surface area contributed by atoms with Crippen molar-refractivity contribution >= 4 is 5.71 Å². The molecular weight excluding hydrogens is 343 g/mol. The van der Waals surface area contributed by atoms with E-state index in [4.69, 9.17) is 4.84 Å². The number of nitrogens with zero attached hydrogens (tertiary/aromatic N) is 3. The lowest BCUT2D eigenvalue weighted by Gasteiger charge is -2.22. The van der Waals surface area contributed by atoms with Crippen LogP contribution in [-0.2, 0) is 17.6 Å². The van der Waals surface area contributed by atoms with Crippen LogP contribution in [0.1, 0.15) is 29.5 Å². The van der Waals surface area contributed by atoms with E-state index in [0.717, 1.165) is 48.4 Å². The molecule has 1 saturated heterocycles.